The van der Waals surface area contributed by atoms with Crippen LogP contribution in [0.15, 0.2) is 0 Å². The van der Waals surface area contributed by atoms with Crippen LogP contribution in [-0.2, 0) is 9.47 Å². The predicted molar refractivity (Wildman–Crippen MR) is 36.3 cm³/mol. The fourth-order valence-electron chi connectivity index (χ4n) is 0.995. The summed E-state index contributed by atoms with van der Waals surface area (Å²) in [6.07, 6.45) is -1.40. The lowest BCUT2D eigenvalue weighted by Gasteiger charge is -2.31. The maximum absolute atomic E-state index is 10.5. The van der Waals surface area contributed by atoms with Crippen LogP contribution in [0.3, 0.4) is 0 Å². The molecular formula is C6H11NO4. The number of hydrogen-bond donors (Lipinski definition) is 1. The Balaban J connectivity index is 2.51. The van der Waals surface area contributed by atoms with E-state index in [1.807, 2.05) is 0 Å². The second-order valence-electron chi connectivity index (χ2n) is 2.24. The summed E-state index contributed by atoms with van der Waals surface area (Å²) >= 11 is 0. The first-order valence-corrected chi connectivity index (χ1v) is 3.36. The molecule has 1 amide bonds. The summed E-state index contributed by atoms with van der Waals surface area (Å²) in [5.74, 6) is 0. The second kappa shape index (κ2) is 3.54. The van der Waals surface area contributed by atoms with Gasteiger partial charge in [0.2, 0.25) is 0 Å². The van der Waals surface area contributed by atoms with Gasteiger partial charge in [-0.05, 0) is 0 Å². The van der Waals surface area contributed by atoms with Crippen molar-refractivity contribution < 1.29 is 19.4 Å². The Morgan fingerprint density at radius 1 is 1.82 bits per heavy atom. The molecule has 0 aromatic carbocycles. The standard InChI is InChI=1S/C6H11NO4/c1-10-5-4-11-3-2-7(5)6(8)9/h5H,2-4H2,1H3,(H,8,9). The number of nitrogens with zero attached hydrogens (tertiary/aromatic N) is 1. The Morgan fingerprint density at radius 2 is 2.55 bits per heavy atom. The average molecular weight is 161 g/mol. The molecule has 1 aliphatic heterocycles. The van der Waals surface area contributed by atoms with Gasteiger partial charge >= 0.3 is 6.09 Å². The van der Waals surface area contributed by atoms with Crippen LogP contribution >= 0.6 is 0 Å². The predicted octanol–water partition coefficient (Wildman–Crippen LogP) is -0.0309. The second-order valence-corrected chi connectivity index (χ2v) is 2.24. The van der Waals surface area contributed by atoms with Gasteiger partial charge in [0, 0.05) is 7.11 Å². The fourth-order valence-corrected chi connectivity index (χ4v) is 0.995. The molecule has 0 spiro atoms. The van der Waals surface area contributed by atoms with E-state index in [9.17, 15) is 4.79 Å². The molecule has 1 N–H and O–H groups in total. The van der Waals surface area contributed by atoms with Gasteiger partial charge in [-0.15, -0.1) is 0 Å². The number of rotatable bonds is 1. The average Bonchev–Trinajstić information content (AvgIpc) is 2.04. The maximum atomic E-state index is 10.5. The van der Waals surface area contributed by atoms with Crippen molar-refractivity contribution >= 4 is 6.09 Å². The van der Waals surface area contributed by atoms with Gasteiger partial charge in [-0.1, -0.05) is 0 Å². The van der Waals surface area contributed by atoms with Crippen LogP contribution in [0.25, 0.3) is 0 Å². The largest absolute Gasteiger partial charge is 0.465 e. The lowest BCUT2D eigenvalue weighted by Crippen LogP contribution is -2.48. The van der Waals surface area contributed by atoms with Crippen LogP contribution in [0.4, 0.5) is 4.79 Å². The van der Waals surface area contributed by atoms with Gasteiger partial charge in [-0.2, -0.15) is 0 Å². The zero-order valence-electron chi connectivity index (χ0n) is 6.32. The minimum absolute atomic E-state index is 0.322. The summed E-state index contributed by atoms with van der Waals surface area (Å²) < 4.78 is 9.91. The topological polar surface area (TPSA) is 59.0 Å². The third kappa shape index (κ3) is 1.81. The summed E-state index contributed by atoms with van der Waals surface area (Å²) in [5, 5.41) is 8.63. The molecule has 0 aromatic rings. The van der Waals surface area contributed by atoms with E-state index in [1.165, 1.54) is 12.0 Å². The van der Waals surface area contributed by atoms with Crippen LogP contribution in [0.5, 0.6) is 0 Å². The molecule has 0 bridgehead atoms. The fraction of sp³-hybridized carbons (Fsp3) is 0.833. The van der Waals surface area contributed by atoms with Gasteiger partial charge in [0.05, 0.1) is 19.8 Å². The maximum Gasteiger partial charge on any atom is 0.409 e. The monoisotopic (exact) mass is 161 g/mol. The highest BCUT2D eigenvalue weighted by Crippen LogP contribution is 2.06. The number of hydrogen-bond acceptors (Lipinski definition) is 3. The van der Waals surface area contributed by atoms with Crippen LogP contribution in [0.1, 0.15) is 0 Å². The molecule has 5 heteroatoms. The van der Waals surface area contributed by atoms with Crippen molar-refractivity contribution in [2.45, 2.75) is 6.23 Å². The Kier molecular flexibility index (Phi) is 2.67. The van der Waals surface area contributed by atoms with Crippen LogP contribution in [-0.4, -0.2) is 49.2 Å². The molecule has 1 saturated heterocycles. The van der Waals surface area contributed by atoms with E-state index in [-0.39, 0.29) is 0 Å². The zero-order chi connectivity index (χ0) is 8.27. The van der Waals surface area contributed by atoms with E-state index in [1.54, 1.807) is 0 Å². The number of amides is 1. The lowest BCUT2D eigenvalue weighted by atomic mass is 10.4. The molecule has 1 rings (SSSR count). The highest BCUT2D eigenvalue weighted by molar-refractivity contribution is 5.65. The van der Waals surface area contributed by atoms with Crippen LogP contribution in [0.2, 0.25) is 0 Å². The lowest BCUT2D eigenvalue weighted by molar-refractivity contribution is -0.110. The first-order valence-electron chi connectivity index (χ1n) is 3.36. The van der Waals surface area contributed by atoms with E-state index < -0.39 is 12.3 Å². The summed E-state index contributed by atoms with van der Waals surface area (Å²) in [7, 11) is 1.47. The molecule has 0 radical (unpaired) electrons. The minimum atomic E-state index is -0.958. The van der Waals surface area contributed by atoms with Gasteiger partial charge in [-0.3, -0.25) is 4.90 Å². The first-order chi connectivity index (χ1) is 5.25. The summed E-state index contributed by atoms with van der Waals surface area (Å²) in [4.78, 5) is 11.7. The van der Waals surface area contributed by atoms with Crippen molar-refractivity contribution in [2.75, 3.05) is 26.9 Å². The van der Waals surface area contributed by atoms with E-state index >= 15 is 0 Å². The molecule has 0 saturated carbocycles. The Labute approximate surface area is 64.5 Å². The molecule has 0 aliphatic carbocycles. The smallest absolute Gasteiger partial charge is 0.409 e. The molecule has 1 fully saturated rings. The van der Waals surface area contributed by atoms with E-state index in [4.69, 9.17) is 14.6 Å². The number of carboxylic acid groups (broad SMARTS) is 1. The van der Waals surface area contributed by atoms with Gasteiger partial charge in [0.25, 0.3) is 0 Å². The molecule has 0 aromatic heterocycles. The quantitative estimate of drug-likeness (QED) is 0.586. The Morgan fingerprint density at radius 3 is 3.00 bits per heavy atom. The first kappa shape index (κ1) is 8.29. The zero-order valence-corrected chi connectivity index (χ0v) is 6.32. The molecule has 1 aliphatic rings. The van der Waals surface area contributed by atoms with Gasteiger partial charge in [0.1, 0.15) is 0 Å². The highest BCUT2D eigenvalue weighted by Gasteiger charge is 2.26. The molecule has 1 heterocycles. The Hall–Kier alpha value is -0.810. The van der Waals surface area contributed by atoms with E-state index in [0.29, 0.717) is 19.8 Å². The minimum Gasteiger partial charge on any atom is -0.465 e. The van der Waals surface area contributed by atoms with Gasteiger partial charge in [-0.25, -0.2) is 4.79 Å². The van der Waals surface area contributed by atoms with Crippen LogP contribution < -0.4 is 0 Å². The molecule has 1 unspecified atom stereocenters. The summed E-state index contributed by atoms with van der Waals surface area (Å²) in [6.45, 7) is 1.16. The molecule has 1 atom stereocenters. The number of carbonyl (C=O) groups is 1. The molecule has 11 heavy (non-hydrogen) atoms. The Bertz CT molecular complexity index is 150. The van der Waals surface area contributed by atoms with Crippen molar-refractivity contribution in [1.82, 2.24) is 4.90 Å². The number of methoxy groups -OCH3 is 1. The van der Waals surface area contributed by atoms with Crippen LogP contribution in [0, 0.1) is 0 Å². The normalized spacial score (nSPS) is 25.2. The number of ether oxygens (including phenoxy) is 2. The third-order valence-corrected chi connectivity index (χ3v) is 1.60. The highest BCUT2D eigenvalue weighted by atomic mass is 16.5. The molecule has 5 nitrogen and oxygen atoms in total. The number of morpholine rings is 1. The molecule has 64 valence electrons. The SMILES string of the molecule is COC1COCCN1C(=O)O. The van der Waals surface area contributed by atoms with Crippen molar-refractivity contribution in [3.05, 3.63) is 0 Å². The van der Waals surface area contributed by atoms with E-state index in [2.05, 4.69) is 0 Å². The van der Waals surface area contributed by atoms with Gasteiger partial charge < -0.3 is 14.6 Å². The molecular weight excluding hydrogens is 150 g/mol. The summed E-state index contributed by atoms with van der Waals surface area (Å²) in [5.41, 5.74) is 0. The summed E-state index contributed by atoms with van der Waals surface area (Å²) in [6, 6.07) is 0. The van der Waals surface area contributed by atoms with Crippen molar-refractivity contribution in [3.8, 4) is 0 Å². The van der Waals surface area contributed by atoms with Gasteiger partial charge in [0.15, 0.2) is 6.23 Å². The van der Waals surface area contributed by atoms with E-state index in [0.717, 1.165) is 0 Å². The van der Waals surface area contributed by atoms with Crippen molar-refractivity contribution in [2.24, 2.45) is 0 Å². The third-order valence-electron chi connectivity index (χ3n) is 1.60. The van der Waals surface area contributed by atoms with Crippen molar-refractivity contribution in [3.63, 3.8) is 0 Å². The van der Waals surface area contributed by atoms with Crippen molar-refractivity contribution in [1.29, 1.82) is 0 Å².